The molecule has 0 saturated carbocycles. The minimum Gasteiger partial charge on any atom is -0.266 e. The summed E-state index contributed by atoms with van der Waals surface area (Å²) in [6, 6.07) is 16.8. The molecule has 4 aromatic rings. The van der Waals surface area contributed by atoms with Crippen LogP contribution >= 0.6 is 11.6 Å². The van der Waals surface area contributed by atoms with Crippen LogP contribution in [-0.2, 0) is 0 Å². The Bertz CT molecular complexity index is 1130. The minimum absolute atomic E-state index is 0.296. The van der Waals surface area contributed by atoms with Crippen LogP contribution in [0.2, 0.25) is 5.02 Å². The van der Waals surface area contributed by atoms with Crippen LogP contribution < -0.4 is 5.56 Å². The third-order valence-corrected chi connectivity index (χ3v) is 4.04. The van der Waals surface area contributed by atoms with Crippen molar-refractivity contribution >= 4 is 28.8 Å². The van der Waals surface area contributed by atoms with Gasteiger partial charge in [0, 0.05) is 10.6 Å². The van der Waals surface area contributed by atoms with Crippen LogP contribution in [0.1, 0.15) is 5.56 Å². The zero-order chi connectivity index (χ0) is 17.2. The van der Waals surface area contributed by atoms with Crippen LogP contribution in [0.15, 0.2) is 77.0 Å². The first kappa shape index (κ1) is 15.3. The van der Waals surface area contributed by atoms with Crippen LogP contribution in [0.5, 0.6) is 0 Å². The lowest BCUT2D eigenvalue weighted by Gasteiger charge is -2.03. The average Bonchev–Trinajstić information content (AvgIpc) is 3.08. The van der Waals surface area contributed by atoms with E-state index >= 15 is 0 Å². The molecular weight excluding hydrogens is 338 g/mol. The van der Waals surface area contributed by atoms with E-state index in [2.05, 4.69) is 15.2 Å². The number of benzene rings is 2. The van der Waals surface area contributed by atoms with E-state index in [1.54, 1.807) is 10.7 Å². The fourth-order valence-corrected chi connectivity index (χ4v) is 2.63. The topological polar surface area (TPSA) is 65.1 Å². The molecule has 0 N–H and O–H groups in total. The standard InChI is InChI=1S/C18H12ClN5O/c19-16-9-5-4-6-13(16)10-21-23-12-20-17-15(18(23)25)11-22-24(17)14-7-2-1-3-8-14/h1-12H/b21-10-. The molecule has 0 aliphatic carbocycles. The normalized spacial score (nSPS) is 11.4. The molecule has 2 aromatic heterocycles. The van der Waals surface area contributed by atoms with E-state index in [1.807, 2.05) is 48.5 Å². The molecule has 0 radical (unpaired) electrons. The van der Waals surface area contributed by atoms with Crippen molar-refractivity contribution in [3.8, 4) is 5.69 Å². The maximum absolute atomic E-state index is 12.6. The molecule has 0 saturated heterocycles. The Morgan fingerprint density at radius 2 is 1.80 bits per heavy atom. The molecule has 0 fully saturated rings. The highest BCUT2D eigenvalue weighted by molar-refractivity contribution is 6.33. The first-order chi connectivity index (χ1) is 12.2. The highest BCUT2D eigenvalue weighted by Gasteiger charge is 2.10. The van der Waals surface area contributed by atoms with Crippen molar-refractivity contribution in [1.82, 2.24) is 19.4 Å². The van der Waals surface area contributed by atoms with Gasteiger partial charge in [0.15, 0.2) is 5.65 Å². The molecule has 6 nitrogen and oxygen atoms in total. The Labute approximate surface area is 147 Å². The van der Waals surface area contributed by atoms with Crippen molar-refractivity contribution in [2.45, 2.75) is 0 Å². The second kappa shape index (κ2) is 6.33. The average molecular weight is 350 g/mol. The summed E-state index contributed by atoms with van der Waals surface area (Å²) in [7, 11) is 0. The van der Waals surface area contributed by atoms with E-state index in [9.17, 15) is 4.79 Å². The van der Waals surface area contributed by atoms with Crippen LogP contribution in [-0.4, -0.2) is 25.7 Å². The summed E-state index contributed by atoms with van der Waals surface area (Å²) in [5, 5.41) is 9.38. The molecule has 0 amide bonds. The van der Waals surface area contributed by atoms with E-state index in [0.29, 0.717) is 16.1 Å². The number of para-hydroxylation sites is 1. The number of nitrogens with zero attached hydrogens (tertiary/aromatic N) is 5. The zero-order valence-electron chi connectivity index (χ0n) is 13.0. The van der Waals surface area contributed by atoms with Crippen LogP contribution in [0, 0.1) is 0 Å². The molecule has 0 bridgehead atoms. The molecule has 0 unspecified atom stereocenters. The fourth-order valence-electron chi connectivity index (χ4n) is 2.45. The number of aromatic nitrogens is 4. The van der Waals surface area contributed by atoms with E-state index in [1.165, 1.54) is 23.4 Å². The van der Waals surface area contributed by atoms with Crippen LogP contribution in [0.4, 0.5) is 0 Å². The Kier molecular flexibility index (Phi) is 3.87. The number of hydrogen-bond acceptors (Lipinski definition) is 4. The summed E-state index contributed by atoms with van der Waals surface area (Å²) in [6.07, 6.45) is 4.40. The molecule has 0 atom stereocenters. The largest absolute Gasteiger partial charge is 0.285 e. The highest BCUT2D eigenvalue weighted by atomic mass is 35.5. The molecule has 122 valence electrons. The third-order valence-electron chi connectivity index (χ3n) is 3.70. The van der Waals surface area contributed by atoms with Crippen molar-refractivity contribution < 1.29 is 0 Å². The molecule has 2 aromatic carbocycles. The molecule has 2 heterocycles. The summed E-state index contributed by atoms with van der Waals surface area (Å²) in [5.74, 6) is 0. The number of rotatable bonds is 3. The van der Waals surface area contributed by atoms with Gasteiger partial charge < -0.3 is 0 Å². The van der Waals surface area contributed by atoms with Crippen LogP contribution in [0.3, 0.4) is 0 Å². The predicted molar refractivity (Wildman–Crippen MR) is 97.6 cm³/mol. The number of fused-ring (bicyclic) bond motifs is 1. The minimum atomic E-state index is -0.296. The maximum Gasteiger partial charge on any atom is 0.285 e. The van der Waals surface area contributed by atoms with Crippen molar-refractivity contribution in [2.75, 3.05) is 0 Å². The van der Waals surface area contributed by atoms with Gasteiger partial charge in [0.25, 0.3) is 5.56 Å². The monoisotopic (exact) mass is 349 g/mol. The SMILES string of the molecule is O=c1c2cnn(-c3ccccc3)c2ncn1/N=C\c1ccccc1Cl. The molecule has 0 spiro atoms. The summed E-state index contributed by atoms with van der Waals surface area (Å²) >= 11 is 6.09. The summed E-state index contributed by atoms with van der Waals surface area (Å²) in [6.45, 7) is 0. The fraction of sp³-hybridized carbons (Fsp3) is 0. The first-order valence-electron chi connectivity index (χ1n) is 7.54. The summed E-state index contributed by atoms with van der Waals surface area (Å²) in [5.41, 5.74) is 1.74. The van der Waals surface area contributed by atoms with Crippen LogP contribution in [0.25, 0.3) is 16.7 Å². The van der Waals surface area contributed by atoms with Crippen molar-refractivity contribution in [1.29, 1.82) is 0 Å². The lowest BCUT2D eigenvalue weighted by molar-refractivity contribution is 0.809. The molecule has 25 heavy (non-hydrogen) atoms. The van der Waals surface area contributed by atoms with Gasteiger partial charge in [-0.25, -0.2) is 9.67 Å². The Balaban J connectivity index is 1.77. The third kappa shape index (κ3) is 2.83. The highest BCUT2D eigenvalue weighted by Crippen LogP contribution is 2.14. The van der Waals surface area contributed by atoms with Gasteiger partial charge in [-0.3, -0.25) is 4.79 Å². The number of hydrogen-bond donors (Lipinski definition) is 0. The molecule has 4 rings (SSSR count). The molecule has 0 aliphatic rings. The quantitative estimate of drug-likeness (QED) is 0.534. The Hall–Kier alpha value is -3.25. The van der Waals surface area contributed by atoms with E-state index in [-0.39, 0.29) is 5.56 Å². The summed E-state index contributed by atoms with van der Waals surface area (Å²) < 4.78 is 2.79. The predicted octanol–water partition coefficient (Wildman–Crippen LogP) is 3.12. The Morgan fingerprint density at radius 1 is 1.04 bits per heavy atom. The molecule has 7 heteroatoms. The van der Waals surface area contributed by atoms with Gasteiger partial charge in [0.05, 0.1) is 18.1 Å². The lowest BCUT2D eigenvalue weighted by atomic mass is 10.2. The second-order valence-electron chi connectivity index (χ2n) is 5.29. The number of halogens is 1. The van der Waals surface area contributed by atoms with Gasteiger partial charge in [-0.15, -0.1) is 0 Å². The van der Waals surface area contributed by atoms with Gasteiger partial charge in [-0.05, 0) is 18.2 Å². The van der Waals surface area contributed by atoms with Gasteiger partial charge in [0.1, 0.15) is 11.7 Å². The zero-order valence-corrected chi connectivity index (χ0v) is 13.7. The van der Waals surface area contributed by atoms with Crippen molar-refractivity contribution in [3.63, 3.8) is 0 Å². The Morgan fingerprint density at radius 3 is 2.60 bits per heavy atom. The maximum atomic E-state index is 12.6. The second-order valence-corrected chi connectivity index (χ2v) is 5.70. The van der Waals surface area contributed by atoms with E-state index in [0.717, 1.165) is 11.3 Å². The molecule has 0 aliphatic heterocycles. The van der Waals surface area contributed by atoms with Crippen molar-refractivity contribution in [3.05, 3.63) is 88.1 Å². The molecular formula is C18H12ClN5O. The van der Waals surface area contributed by atoms with Gasteiger partial charge in [-0.1, -0.05) is 48.0 Å². The van der Waals surface area contributed by atoms with E-state index in [4.69, 9.17) is 11.6 Å². The summed E-state index contributed by atoms with van der Waals surface area (Å²) in [4.78, 5) is 16.9. The van der Waals surface area contributed by atoms with Gasteiger partial charge in [-0.2, -0.15) is 14.9 Å². The smallest absolute Gasteiger partial charge is 0.266 e. The van der Waals surface area contributed by atoms with Gasteiger partial charge in [0.2, 0.25) is 0 Å². The van der Waals surface area contributed by atoms with E-state index < -0.39 is 0 Å². The lowest BCUT2D eigenvalue weighted by Crippen LogP contribution is -2.17. The van der Waals surface area contributed by atoms with Crippen molar-refractivity contribution in [2.24, 2.45) is 5.10 Å². The first-order valence-corrected chi connectivity index (χ1v) is 7.91. The van der Waals surface area contributed by atoms with Gasteiger partial charge >= 0.3 is 0 Å².